The maximum Gasteiger partial charge on any atom is 0.257 e. The van der Waals surface area contributed by atoms with E-state index in [0.29, 0.717) is 22.1 Å². The van der Waals surface area contributed by atoms with E-state index >= 15 is 0 Å². The van der Waals surface area contributed by atoms with Gasteiger partial charge in [0.05, 0.1) is 11.4 Å². The number of amides is 1. The number of Topliss-reactive ketones (excluding diaryl/α,β-unsaturated/α-hetero) is 1. The summed E-state index contributed by atoms with van der Waals surface area (Å²) in [5.74, 6) is -0.442. The molecule has 0 saturated heterocycles. The summed E-state index contributed by atoms with van der Waals surface area (Å²) in [6, 6.07) is 5.10. The van der Waals surface area contributed by atoms with E-state index in [1.807, 2.05) is 19.0 Å². The molecule has 1 aromatic carbocycles. The molecular weight excluding hydrogens is 288 g/mol. The van der Waals surface area contributed by atoms with Gasteiger partial charge in [-0.1, -0.05) is 0 Å². The summed E-state index contributed by atoms with van der Waals surface area (Å²) >= 11 is 1.21. The molecule has 0 bridgehead atoms. The first-order chi connectivity index (χ1) is 9.88. The minimum Gasteiger partial charge on any atom is -0.397 e. The standard InChI is InChI=1S/C14H16N4O2S/c1-8(19)11-7-21-14(16-11)17-13(20)9-4-5-12(18(2)3)10(15)6-9/h4-7H,15H2,1-3H3,(H,16,17,20). The highest BCUT2D eigenvalue weighted by Crippen LogP contribution is 2.23. The van der Waals surface area contributed by atoms with Gasteiger partial charge < -0.3 is 10.6 Å². The zero-order valence-corrected chi connectivity index (χ0v) is 12.8. The van der Waals surface area contributed by atoms with E-state index in [4.69, 9.17) is 5.73 Å². The summed E-state index contributed by atoms with van der Waals surface area (Å²) in [7, 11) is 3.76. The largest absolute Gasteiger partial charge is 0.397 e. The van der Waals surface area contributed by atoms with Gasteiger partial charge in [0, 0.05) is 32.0 Å². The number of benzene rings is 1. The van der Waals surface area contributed by atoms with Gasteiger partial charge in [0.2, 0.25) is 0 Å². The van der Waals surface area contributed by atoms with Crippen LogP contribution in [0.3, 0.4) is 0 Å². The summed E-state index contributed by atoms with van der Waals surface area (Å²) in [5.41, 5.74) is 8.08. The van der Waals surface area contributed by atoms with Crippen molar-refractivity contribution in [3.8, 4) is 0 Å². The van der Waals surface area contributed by atoms with Crippen LogP contribution in [0.2, 0.25) is 0 Å². The van der Waals surface area contributed by atoms with Crippen molar-refractivity contribution < 1.29 is 9.59 Å². The van der Waals surface area contributed by atoms with Crippen LogP contribution in [0.1, 0.15) is 27.8 Å². The van der Waals surface area contributed by atoms with Gasteiger partial charge in [0.1, 0.15) is 5.69 Å². The lowest BCUT2D eigenvalue weighted by Gasteiger charge is -2.15. The summed E-state index contributed by atoms with van der Waals surface area (Å²) in [5, 5.41) is 4.66. The minimum atomic E-state index is -0.309. The molecule has 6 nitrogen and oxygen atoms in total. The summed E-state index contributed by atoms with van der Waals surface area (Å²) in [4.78, 5) is 29.2. The van der Waals surface area contributed by atoms with Gasteiger partial charge in [-0.2, -0.15) is 0 Å². The predicted octanol–water partition coefficient (Wildman–Crippen LogP) is 2.25. The number of nitrogen functional groups attached to an aromatic ring is 1. The lowest BCUT2D eigenvalue weighted by molar-refractivity contribution is 0.100. The molecule has 1 aromatic heterocycles. The Labute approximate surface area is 126 Å². The third-order valence-electron chi connectivity index (χ3n) is 2.86. The van der Waals surface area contributed by atoms with Gasteiger partial charge in [-0.15, -0.1) is 11.3 Å². The Morgan fingerprint density at radius 2 is 2.05 bits per heavy atom. The molecule has 0 saturated carbocycles. The number of nitrogens with two attached hydrogens (primary N) is 1. The first kappa shape index (κ1) is 15.0. The molecule has 0 fully saturated rings. The highest BCUT2D eigenvalue weighted by atomic mass is 32.1. The Bertz CT molecular complexity index is 694. The number of ketones is 1. The molecular formula is C14H16N4O2S. The van der Waals surface area contributed by atoms with Crippen LogP contribution in [-0.2, 0) is 0 Å². The second-order valence-electron chi connectivity index (χ2n) is 4.72. The van der Waals surface area contributed by atoms with Crippen LogP contribution in [0, 0.1) is 0 Å². The molecule has 0 radical (unpaired) electrons. The van der Waals surface area contributed by atoms with Gasteiger partial charge in [-0.25, -0.2) is 4.98 Å². The maximum absolute atomic E-state index is 12.1. The average Bonchev–Trinajstić information content (AvgIpc) is 2.86. The van der Waals surface area contributed by atoms with Crippen molar-refractivity contribution in [2.24, 2.45) is 0 Å². The topological polar surface area (TPSA) is 88.3 Å². The lowest BCUT2D eigenvalue weighted by Crippen LogP contribution is -2.15. The average molecular weight is 304 g/mol. The summed E-state index contributed by atoms with van der Waals surface area (Å²) in [6.07, 6.45) is 0. The van der Waals surface area contributed by atoms with E-state index in [2.05, 4.69) is 10.3 Å². The number of thiazole rings is 1. The Kier molecular flexibility index (Phi) is 4.23. The molecule has 110 valence electrons. The fraction of sp³-hybridized carbons (Fsp3) is 0.214. The number of rotatable bonds is 4. The van der Waals surface area contributed by atoms with Crippen LogP contribution in [0.5, 0.6) is 0 Å². The van der Waals surface area contributed by atoms with Gasteiger partial charge in [0.25, 0.3) is 5.91 Å². The molecule has 7 heteroatoms. The molecule has 3 N–H and O–H groups in total. The molecule has 0 aliphatic heterocycles. The van der Waals surface area contributed by atoms with Gasteiger partial charge in [-0.05, 0) is 18.2 Å². The predicted molar refractivity (Wildman–Crippen MR) is 85.3 cm³/mol. The van der Waals surface area contributed by atoms with Crippen LogP contribution >= 0.6 is 11.3 Å². The zero-order valence-electron chi connectivity index (χ0n) is 12.0. The number of carbonyl (C=O) groups is 2. The van der Waals surface area contributed by atoms with Crippen LogP contribution in [0.25, 0.3) is 0 Å². The van der Waals surface area contributed by atoms with E-state index < -0.39 is 0 Å². The highest BCUT2D eigenvalue weighted by Gasteiger charge is 2.12. The van der Waals surface area contributed by atoms with Crippen molar-refractivity contribution >= 4 is 39.5 Å². The molecule has 1 amide bonds. The third kappa shape index (κ3) is 3.38. The Balaban J connectivity index is 2.16. The number of anilines is 3. The van der Waals surface area contributed by atoms with Crippen LogP contribution in [0.4, 0.5) is 16.5 Å². The minimum absolute atomic E-state index is 0.133. The summed E-state index contributed by atoms with van der Waals surface area (Å²) < 4.78 is 0. The molecule has 21 heavy (non-hydrogen) atoms. The SMILES string of the molecule is CC(=O)c1csc(NC(=O)c2ccc(N(C)C)c(N)c2)n1. The van der Waals surface area contributed by atoms with Crippen molar-refractivity contribution in [1.82, 2.24) is 4.98 Å². The van der Waals surface area contributed by atoms with E-state index in [9.17, 15) is 9.59 Å². The molecule has 0 aliphatic carbocycles. The molecule has 0 unspecified atom stereocenters. The van der Waals surface area contributed by atoms with Crippen LogP contribution in [0.15, 0.2) is 23.6 Å². The molecule has 1 heterocycles. The molecule has 0 spiro atoms. The smallest absolute Gasteiger partial charge is 0.257 e. The molecule has 0 atom stereocenters. The van der Waals surface area contributed by atoms with Crippen LogP contribution in [-0.4, -0.2) is 30.8 Å². The molecule has 2 aromatic rings. The summed E-state index contributed by atoms with van der Waals surface area (Å²) in [6.45, 7) is 1.43. The van der Waals surface area contributed by atoms with E-state index in [-0.39, 0.29) is 11.7 Å². The Morgan fingerprint density at radius 3 is 2.57 bits per heavy atom. The number of hydrogen-bond donors (Lipinski definition) is 2. The van der Waals surface area contributed by atoms with Crippen molar-refractivity contribution in [2.75, 3.05) is 30.0 Å². The normalized spacial score (nSPS) is 10.2. The second kappa shape index (κ2) is 5.92. The van der Waals surface area contributed by atoms with Gasteiger partial charge in [-0.3, -0.25) is 14.9 Å². The highest BCUT2D eigenvalue weighted by molar-refractivity contribution is 7.14. The molecule has 2 rings (SSSR count). The number of carbonyl (C=O) groups excluding carboxylic acids is 2. The maximum atomic E-state index is 12.1. The zero-order chi connectivity index (χ0) is 15.6. The monoisotopic (exact) mass is 304 g/mol. The number of hydrogen-bond acceptors (Lipinski definition) is 6. The Morgan fingerprint density at radius 1 is 1.33 bits per heavy atom. The van der Waals surface area contributed by atoms with E-state index in [1.54, 1.807) is 23.6 Å². The lowest BCUT2D eigenvalue weighted by atomic mass is 10.1. The second-order valence-corrected chi connectivity index (χ2v) is 5.57. The van der Waals surface area contributed by atoms with E-state index in [1.165, 1.54) is 18.3 Å². The van der Waals surface area contributed by atoms with Gasteiger partial charge in [0.15, 0.2) is 10.9 Å². The number of aromatic nitrogens is 1. The van der Waals surface area contributed by atoms with E-state index in [0.717, 1.165) is 5.69 Å². The van der Waals surface area contributed by atoms with Crippen LogP contribution < -0.4 is 16.0 Å². The number of nitrogens with zero attached hydrogens (tertiary/aromatic N) is 2. The van der Waals surface area contributed by atoms with Crippen molar-refractivity contribution in [1.29, 1.82) is 0 Å². The fourth-order valence-electron chi connectivity index (χ4n) is 1.77. The molecule has 0 aliphatic rings. The van der Waals surface area contributed by atoms with Crippen molar-refractivity contribution in [3.63, 3.8) is 0 Å². The van der Waals surface area contributed by atoms with Crippen molar-refractivity contribution in [2.45, 2.75) is 6.92 Å². The van der Waals surface area contributed by atoms with Gasteiger partial charge >= 0.3 is 0 Å². The number of nitrogens with one attached hydrogen (secondary N) is 1. The first-order valence-corrected chi connectivity index (χ1v) is 7.11. The quantitative estimate of drug-likeness (QED) is 0.668. The third-order valence-corrected chi connectivity index (χ3v) is 3.61. The fourth-order valence-corrected chi connectivity index (χ4v) is 2.51. The first-order valence-electron chi connectivity index (χ1n) is 6.23. The van der Waals surface area contributed by atoms with Crippen molar-refractivity contribution in [3.05, 3.63) is 34.8 Å². The Hall–Kier alpha value is -2.41.